The van der Waals surface area contributed by atoms with E-state index in [1.807, 2.05) is 0 Å². The Kier molecular flexibility index (Phi) is 8.71. The zero-order chi connectivity index (χ0) is 31.3. The van der Waals surface area contributed by atoms with E-state index in [-0.39, 0.29) is 16.7 Å². The summed E-state index contributed by atoms with van der Waals surface area (Å²) < 4.78 is 5.54. The van der Waals surface area contributed by atoms with Crippen molar-refractivity contribution in [2.75, 3.05) is 7.11 Å². The van der Waals surface area contributed by atoms with Gasteiger partial charge in [0.05, 0.1) is 12.5 Å². The molecule has 0 N–H and O–H groups in total. The van der Waals surface area contributed by atoms with Gasteiger partial charge in [0.1, 0.15) is 5.75 Å². The van der Waals surface area contributed by atoms with Crippen molar-refractivity contribution in [3.8, 4) is 5.75 Å². The van der Waals surface area contributed by atoms with E-state index in [0.29, 0.717) is 5.92 Å². The van der Waals surface area contributed by atoms with E-state index in [1.165, 1.54) is 38.9 Å². The molecule has 0 fully saturated rings. The van der Waals surface area contributed by atoms with Crippen LogP contribution in [0.3, 0.4) is 0 Å². The molecule has 0 aliphatic heterocycles. The minimum absolute atomic E-state index is 0.143. The minimum Gasteiger partial charge on any atom is -0.497 e. The molecule has 0 aliphatic carbocycles. The van der Waals surface area contributed by atoms with Crippen molar-refractivity contribution in [2.45, 2.75) is 37.5 Å². The van der Waals surface area contributed by atoms with Crippen LogP contribution in [0.2, 0.25) is 0 Å². The van der Waals surface area contributed by atoms with Gasteiger partial charge in [-0.05, 0) is 62.9 Å². The van der Waals surface area contributed by atoms with Gasteiger partial charge in [0.15, 0.2) is 0 Å². The molecule has 6 aromatic rings. The van der Waals surface area contributed by atoms with Crippen LogP contribution in [0.1, 0.15) is 65.6 Å². The van der Waals surface area contributed by atoms with E-state index in [9.17, 15) is 0 Å². The SMILES string of the molecule is COc1ccc(C(c2ccccc2)(c2ccc(C(C)C(c3ccccc3)(c3ccccc3)c3ccccc3)cc2)C(C)C)cc1. The monoisotopic (exact) mass is 586 g/mol. The van der Waals surface area contributed by atoms with Crippen LogP contribution in [-0.2, 0) is 10.8 Å². The zero-order valence-electron chi connectivity index (χ0n) is 26.7. The highest BCUT2D eigenvalue weighted by atomic mass is 16.5. The summed E-state index contributed by atoms with van der Waals surface area (Å²) in [6.07, 6.45) is 0. The predicted molar refractivity (Wildman–Crippen MR) is 188 cm³/mol. The van der Waals surface area contributed by atoms with Crippen molar-refractivity contribution >= 4 is 0 Å². The van der Waals surface area contributed by atoms with Crippen molar-refractivity contribution < 1.29 is 4.74 Å². The maximum Gasteiger partial charge on any atom is 0.118 e. The van der Waals surface area contributed by atoms with Crippen LogP contribution in [0.15, 0.2) is 170 Å². The third-order valence-corrected chi connectivity index (χ3v) is 9.84. The maximum absolute atomic E-state index is 5.54. The second kappa shape index (κ2) is 13.0. The molecule has 0 saturated carbocycles. The summed E-state index contributed by atoms with van der Waals surface area (Å²) in [6, 6.07) is 62.1. The van der Waals surface area contributed by atoms with Crippen LogP contribution >= 0.6 is 0 Å². The summed E-state index contributed by atoms with van der Waals surface area (Å²) in [7, 11) is 1.72. The topological polar surface area (TPSA) is 9.23 Å². The van der Waals surface area contributed by atoms with Crippen LogP contribution in [0.4, 0.5) is 0 Å². The van der Waals surface area contributed by atoms with E-state index in [1.54, 1.807) is 7.11 Å². The molecule has 1 nitrogen and oxygen atoms in total. The van der Waals surface area contributed by atoms with Gasteiger partial charge >= 0.3 is 0 Å². The molecule has 0 amide bonds. The molecular weight excluding hydrogens is 544 g/mol. The van der Waals surface area contributed by atoms with Crippen molar-refractivity contribution in [1.82, 2.24) is 0 Å². The van der Waals surface area contributed by atoms with E-state index >= 15 is 0 Å². The van der Waals surface area contributed by atoms with Gasteiger partial charge in [0.25, 0.3) is 0 Å². The first-order valence-electron chi connectivity index (χ1n) is 16.0. The van der Waals surface area contributed by atoms with Crippen LogP contribution in [-0.4, -0.2) is 7.11 Å². The summed E-state index contributed by atoms with van der Waals surface area (Å²) in [5.74, 6) is 1.31. The third kappa shape index (κ3) is 5.27. The van der Waals surface area contributed by atoms with E-state index in [0.717, 1.165) is 5.75 Å². The lowest BCUT2D eigenvalue weighted by Crippen LogP contribution is -2.36. The molecule has 1 heteroatoms. The Labute approximate surface area is 269 Å². The summed E-state index contributed by atoms with van der Waals surface area (Å²) in [6.45, 7) is 7.05. The second-order valence-corrected chi connectivity index (χ2v) is 12.3. The zero-order valence-corrected chi connectivity index (χ0v) is 26.7. The molecule has 224 valence electrons. The van der Waals surface area contributed by atoms with E-state index in [2.05, 4.69) is 191 Å². The van der Waals surface area contributed by atoms with Crippen molar-refractivity contribution in [1.29, 1.82) is 0 Å². The Hall–Kier alpha value is -4.88. The molecule has 0 aromatic heterocycles. The molecule has 2 unspecified atom stereocenters. The molecule has 0 aliphatic rings. The first-order valence-corrected chi connectivity index (χ1v) is 16.0. The van der Waals surface area contributed by atoms with Crippen LogP contribution < -0.4 is 4.74 Å². The Morgan fingerprint density at radius 2 is 0.689 bits per heavy atom. The molecule has 0 radical (unpaired) electrons. The number of ether oxygens (including phenoxy) is 1. The molecule has 6 aromatic carbocycles. The average molecular weight is 587 g/mol. The lowest BCUT2D eigenvalue weighted by molar-refractivity contribution is 0.411. The molecule has 2 atom stereocenters. The van der Waals surface area contributed by atoms with Gasteiger partial charge in [-0.15, -0.1) is 0 Å². The van der Waals surface area contributed by atoms with Gasteiger partial charge in [0.2, 0.25) is 0 Å². The lowest BCUT2D eigenvalue weighted by atomic mass is 9.60. The van der Waals surface area contributed by atoms with Crippen molar-refractivity contribution in [3.05, 3.63) is 209 Å². The molecule has 45 heavy (non-hydrogen) atoms. The summed E-state index contributed by atoms with van der Waals surface area (Å²) >= 11 is 0. The highest BCUT2D eigenvalue weighted by molar-refractivity contribution is 5.56. The highest BCUT2D eigenvalue weighted by Gasteiger charge is 2.43. The minimum atomic E-state index is -0.379. The largest absolute Gasteiger partial charge is 0.497 e. The van der Waals surface area contributed by atoms with Gasteiger partial charge in [0, 0.05) is 5.41 Å². The Morgan fingerprint density at radius 1 is 0.378 bits per heavy atom. The normalized spacial score (nSPS) is 13.6. The Bertz CT molecular complexity index is 1680. The first kappa shape index (κ1) is 30.2. The maximum atomic E-state index is 5.54. The molecular formula is C44H42O. The number of hydrogen-bond donors (Lipinski definition) is 0. The fourth-order valence-electron chi connectivity index (χ4n) is 7.69. The number of benzene rings is 6. The molecule has 0 saturated heterocycles. The summed E-state index contributed by atoms with van der Waals surface area (Å²) in [4.78, 5) is 0. The summed E-state index contributed by atoms with van der Waals surface area (Å²) in [5.41, 5.74) is 8.30. The third-order valence-electron chi connectivity index (χ3n) is 9.84. The fourth-order valence-corrected chi connectivity index (χ4v) is 7.69. The van der Waals surface area contributed by atoms with Crippen molar-refractivity contribution in [2.24, 2.45) is 5.92 Å². The summed E-state index contributed by atoms with van der Waals surface area (Å²) in [5, 5.41) is 0. The van der Waals surface area contributed by atoms with Gasteiger partial charge in [-0.1, -0.05) is 178 Å². The smallest absolute Gasteiger partial charge is 0.118 e. The molecule has 6 rings (SSSR count). The molecule has 0 heterocycles. The van der Waals surface area contributed by atoms with Gasteiger partial charge in [-0.25, -0.2) is 0 Å². The van der Waals surface area contributed by atoms with Crippen LogP contribution in [0.25, 0.3) is 0 Å². The first-order chi connectivity index (χ1) is 22.0. The Morgan fingerprint density at radius 3 is 1.02 bits per heavy atom. The lowest BCUT2D eigenvalue weighted by Gasteiger charge is -2.42. The van der Waals surface area contributed by atoms with Gasteiger partial charge < -0.3 is 4.74 Å². The molecule has 0 bridgehead atoms. The fraction of sp³-hybridized carbons (Fsp3) is 0.182. The van der Waals surface area contributed by atoms with Crippen LogP contribution in [0.5, 0.6) is 5.75 Å². The van der Waals surface area contributed by atoms with E-state index in [4.69, 9.17) is 4.74 Å². The average Bonchev–Trinajstić information content (AvgIpc) is 3.11. The number of hydrogen-bond acceptors (Lipinski definition) is 1. The molecule has 0 spiro atoms. The highest BCUT2D eigenvalue weighted by Crippen LogP contribution is 2.51. The van der Waals surface area contributed by atoms with Crippen LogP contribution in [0, 0.1) is 5.92 Å². The number of methoxy groups -OCH3 is 1. The predicted octanol–water partition coefficient (Wildman–Crippen LogP) is 10.8. The quantitative estimate of drug-likeness (QED) is 0.145. The Balaban J connectivity index is 1.55. The van der Waals surface area contributed by atoms with E-state index < -0.39 is 0 Å². The number of rotatable bonds is 10. The van der Waals surface area contributed by atoms with Crippen molar-refractivity contribution in [3.63, 3.8) is 0 Å². The van der Waals surface area contributed by atoms with Gasteiger partial charge in [-0.3, -0.25) is 0 Å². The second-order valence-electron chi connectivity index (χ2n) is 12.3. The standard InChI is InChI=1S/C44H42O/c1-33(2)43(36-17-9-5-10-18-36,41-29-31-42(45-4)32-30-41)40-27-25-35(26-28-40)34(3)44(37-19-11-6-12-20-37,38-21-13-7-14-22-38)39-23-15-8-16-24-39/h5-34H,1-4H3. The van der Waals surface area contributed by atoms with Gasteiger partial charge in [-0.2, -0.15) is 0 Å².